The summed E-state index contributed by atoms with van der Waals surface area (Å²) in [4.78, 5) is 12.3. The highest BCUT2D eigenvalue weighted by atomic mass is 35.5. The molecule has 5 nitrogen and oxygen atoms in total. The Labute approximate surface area is 153 Å². The molecule has 0 aliphatic carbocycles. The van der Waals surface area contributed by atoms with Crippen LogP contribution in [0.1, 0.15) is 48.3 Å². The number of aromatic nitrogens is 2. The molecule has 1 aromatic heterocycles. The van der Waals surface area contributed by atoms with Gasteiger partial charge in [-0.15, -0.1) is 0 Å². The van der Waals surface area contributed by atoms with Gasteiger partial charge in [-0.25, -0.2) is 0 Å². The molecule has 0 bridgehead atoms. The Bertz CT molecular complexity index is 791. The van der Waals surface area contributed by atoms with E-state index in [0.717, 1.165) is 22.5 Å². The maximum absolute atomic E-state index is 12.3. The highest BCUT2D eigenvalue weighted by Crippen LogP contribution is 2.18. The lowest BCUT2D eigenvalue weighted by Crippen LogP contribution is -2.26. The van der Waals surface area contributed by atoms with E-state index >= 15 is 0 Å². The van der Waals surface area contributed by atoms with Gasteiger partial charge in [0.1, 0.15) is 0 Å². The number of hydrogen-bond donors (Lipinski definition) is 1. The van der Waals surface area contributed by atoms with Gasteiger partial charge in [0.05, 0.1) is 30.8 Å². The summed E-state index contributed by atoms with van der Waals surface area (Å²) >= 11 is 6.00. The van der Waals surface area contributed by atoms with Crippen molar-refractivity contribution in [3.8, 4) is 6.07 Å². The molecule has 1 atom stereocenters. The second-order valence-corrected chi connectivity index (χ2v) is 6.56. The number of hydrogen-bond acceptors (Lipinski definition) is 3. The van der Waals surface area contributed by atoms with Gasteiger partial charge in [0.25, 0.3) is 0 Å². The zero-order chi connectivity index (χ0) is 18.4. The molecule has 0 spiro atoms. The molecule has 0 fully saturated rings. The third kappa shape index (κ3) is 5.07. The Hall–Kier alpha value is -2.32. The number of carbonyl (C=O) groups is 1. The zero-order valence-corrected chi connectivity index (χ0v) is 15.6. The first-order valence-electron chi connectivity index (χ1n) is 8.37. The molecule has 132 valence electrons. The number of amides is 1. The summed E-state index contributed by atoms with van der Waals surface area (Å²) in [6.07, 6.45) is 1.47. The largest absolute Gasteiger partial charge is 0.350 e. The molecule has 1 N–H and O–H groups in total. The third-order valence-corrected chi connectivity index (χ3v) is 4.53. The summed E-state index contributed by atoms with van der Waals surface area (Å²) in [5.41, 5.74) is 4.02. The van der Waals surface area contributed by atoms with Gasteiger partial charge in [0.2, 0.25) is 5.91 Å². The first-order valence-corrected chi connectivity index (χ1v) is 8.74. The minimum Gasteiger partial charge on any atom is -0.350 e. The van der Waals surface area contributed by atoms with Gasteiger partial charge in [-0.1, -0.05) is 23.7 Å². The van der Waals surface area contributed by atoms with E-state index in [-0.39, 0.29) is 11.9 Å². The number of halogens is 1. The van der Waals surface area contributed by atoms with Gasteiger partial charge >= 0.3 is 0 Å². The van der Waals surface area contributed by atoms with Crippen molar-refractivity contribution in [1.29, 1.82) is 5.26 Å². The second-order valence-electron chi connectivity index (χ2n) is 6.12. The lowest BCUT2D eigenvalue weighted by atomic mass is 10.1. The monoisotopic (exact) mass is 358 g/mol. The lowest BCUT2D eigenvalue weighted by Gasteiger charge is -2.14. The minimum atomic E-state index is -0.0910. The molecule has 0 radical (unpaired) electrons. The molecular formula is C19H23ClN4O. The van der Waals surface area contributed by atoms with Crippen LogP contribution in [0, 0.1) is 25.2 Å². The molecule has 1 aromatic carbocycles. The van der Waals surface area contributed by atoms with Crippen molar-refractivity contribution in [2.75, 3.05) is 0 Å². The first-order chi connectivity index (χ1) is 11.9. The summed E-state index contributed by atoms with van der Waals surface area (Å²) in [5, 5.41) is 16.8. The van der Waals surface area contributed by atoms with Crippen LogP contribution in [0.5, 0.6) is 0 Å². The molecule has 1 amide bonds. The van der Waals surface area contributed by atoms with Crippen LogP contribution in [-0.4, -0.2) is 15.7 Å². The van der Waals surface area contributed by atoms with Crippen LogP contribution in [-0.2, 0) is 17.8 Å². The predicted molar refractivity (Wildman–Crippen MR) is 98.3 cm³/mol. The highest BCUT2D eigenvalue weighted by Gasteiger charge is 2.14. The summed E-state index contributed by atoms with van der Waals surface area (Å²) in [5.74, 6) is -0.00366. The molecule has 2 rings (SSSR count). The smallest absolute Gasteiger partial charge is 0.220 e. The van der Waals surface area contributed by atoms with Crippen molar-refractivity contribution in [2.24, 2.45) is 0 Å². The van der Waals surface area contributed by atoms with Crippen LogP contribution in [0.4, 0.5) is 0 Å². The standard InChI is InChI=1S/C19H23ClN4O/c1-13(16-6-4-7-17(20)12-16)22-19(25)9-8-18-14(2)23-24(15(18)3)11-5-10-21/h4,6-7,12-13H,5,8-9,11H2,1-3H3,(H,22,25). The molecule has 0 saturated heterocycles. The van der Waals surface area contributed by atoms with E-state index in [9.17, 15) is 4.79 Å². The SMILES string of the molecule is Cc1nn(CCC#N)c(C)c1CCC(=O)NC(C)c1cccc(Cl)c1. The Morgan fingerprint density at radius 2 is 2.20 bits per heavy atom. The molecule has 2 aromatic rings. The Kier molecular flexibility index (Phi) is 6.60. The van der Waals surface area contributed by atoms with Gasteiger partial charge in [-0.05, 0) is 50.5 Å². The van der Waals surface area contributed by atoms with Crippen LogP contribution >= 0.6 is 11.6 Å². The molecular weight excluding hydrogens is 336 g/mol. The van der Waals surface area contributed by atoms with Gasteiger partial charge in [0, 0.05) is 17.1 Å². The van der Waals surface area contributed by atoms with E-state index in [2.05, 4.69) is 16.5 Å². The van der Waals surface area contributed by atoms with Crippen LogP contribution in [0.15, 0.2) is 24.3 Å². The van der Waals surface area contributed by atoms with Crippen molar-refractivity contribution in [3.63, 3.8) is 0 Å². The third-order valence-electron chi connectivity index (χ3n) is 4.29. The fraction of sp³-hybridized carbons (Fsp3) is 0.421. The number of benzene rings is 1. The van der Waals surface area contributed by atoms with E-state index in [1.54, 1.807) is 0 Å². The Morgan fingerprint density at radius 1 is 1.44 bits per heavy atom. The zero-order valence-electron chi connectivity index (χ0n) is 14.8. The molecule has 0 saturated carbocycles. The van der Waals surface area contributed by atoms with Crippen molar-refractivity contribution in [3.05, 3.63) is 51.8 Å². The van der Waals surface area contributed by atoms with Gasteiger partial charge in [0.15, 0.2) is 0 Å². The molecule has 0 aliphatic heterocycles. The van der Waals surface area contributed by atoms with Gasteiger partial charge < -0.3 is 5.32 Å². The van der Waals surface area contributed by atoms with Gasteiger partial charge in [-0.3, -0.25) is 9.48 Å². The van der Waals surface area contributed by atoms with E-state index in [1.165, 1.54) is 0 Å². The van der Waals surface area contributed by atoms with Crippen LogP contribution in [0.25, 0.3) is 0 Å². The van der Waals surface area contributed by atoms with Crippen molar-refractivity contribution in [1.82, 2.24) is 15.1 Å². The fourth-order valence-corrected chi connectivity index (χ4v) is 3.08. The number of nitrogens with zero attached hydrogens (tertiary/aromatic N) is 3. The van der Waals surface area contributed by atoms with Crippen LogP contribution in [0.2, 0.25) is 5.02 Å². The minimum absolute atomic E-state index is 0.00366. The fourth-order valence-electron chi connectivity index (χ4n) is 2.88. The number of aryl methyl sites for hydroxylation is 2. The summed E-state index contributed by atoms with van der Waals surface area (Å²) in [6, 6.07) is 9.54. The number of carbonyl (C=O) groups excluding carboxylic acids is 1. The van der Waals surface area contributed by atoms with Crippen molar-refractivity contribution >= 4 is 17.5 Å². The lowest BCUT2D eigenvalue weighted by molar-refractivity contribution is -0.121. The van der Waals surface area contributed by atoms with Crippen LogP contribution in [0.3, 0.4) is 0 Å². The maximum atomic E-state index is 12.3. The van der Waals surface area contributed by atoms with Crippen LogP contribution < -0.4 is 5.32 Å². The predicted octanol–water partition coefficient (Wildman–Crippen LogP) is 3.88. The maximum Gasteiger partial charge on any atom is 0.220 e. The Balaban J connectivity index is 1.94. The van der Waals surface area contributed by atoms with Gasteiger partial charge in [-0.2, -0.15) is 10.4 Å². The van der Waals surface area contributed by atoms with Crippen molar-refractivity contribution < 1.29 is 4.79 Å². The topological polar surface area (TPSA) is 70.7 Å². The normalized spacial score (nSPS) is 11.8. The number of rotatable bonds is 7. The molecule has 0 aliphatic rings. The second kappa shape index (κ2) is 8.68. The van der Waals surface area contributed by atoms with E-state index in [0.29, 0.717) is 30.8 Å². The molecule has 25 heavy (non-hydrogen) atoms. The van der Waals surface area contributed by atoms with E-state index in [1.807, 2.05) is 49.7 Å². The molecule has 6 heteroatoms. The average Bonchev–Trinajstić information content (AvgIpc) is 2.84. The van der Waals surface area contributed by atoms with Crippen molar-refractivity contribution in [2.45, 2.75) is 52.6 Å². The summed E-state index contributed by atoms with van der Waals surface area (Å²) in [6.45, 7) is 6.46. The highest BCUT2D eigenvalue weighted by molar-refractivity contribution is 6.30. The Morgan fingerprint density at radius 3 is 2.88 bits per heavy atom. The number of nitrogens with one attached hydrogen (secondary N) is 1. The average molecular weight is 359 g/mol. The first kappa shape index (κ1) is 19.0. The summed E-state index contributed by atoms with van der Waals surface area (Å²) in [7, 11) is 0. The molecule has 1 heterocycles. The van der Waals surface area contributed by atoms with E-state index < -0.39 is 0 Å². The quantitative estimate of drug-likeness (QED) is 0.816. The molecule has 1 unspecified atom stereocenters. The summed E-state index contributed by atoms with van der Waals surface area (Å²) < 4.78 is 1.85. The van der Waals surface area contributed by atoms with E-state index in [4.69, 9.17) is 16.9 Å². The number of nitriles is 1.